The van der Waals surface area contributed by atoms with Gasteiger partial charge in [0, 0.05) is 42.0 Å². The molecule has 4 aromatic rings. The molecule has 34 heavy (non-hydrogen) atoms. The molecule has 2 aliphatic rings. The van der Waals surface area contributed by atoms with Crippen LogP contribution in [-0.2, 0) is 13.0 Å². The van der Waals surface area contributed by atoms with E-state index < -0.39 is 0 Å². The van der Waals surface area contributed by atoms with Crippen LogP contribution in [0, 0.1) is 0 Å². The third-order valence-corrected chi connectivity index (χ3v) is 8.52. The lowest BCUT2D eigenvalue weighted by atomic mass is 10.1. The Bertz CT molecular complexity index is 1390. The fraction of sp³-hybridized carbons (Fsp3) is 0.320. The van der Waals surface area contributed by atoms with Crippen molar-refractivity contribution in [1.82, 2.24) is 25.1 Å². The van der Waals surface area contributed by atoms with Crippen molar-refractivity contribution in [1.29, 1.82) is 0 Å². The van der Waals surface area contributed by atoms with Crippen molar-refractivity contribution in [2.24, 2.45) is 0 Å². The number of nitrogens with one attached hydrogen (secondary N) is 2. The molecule has 7 nitrogen and oxygen atoms in total. The van der Waals surface area contributed by atoms with Crippen LogP contribution in [-0.4, -0.2) is 52.0 Å². The van der Waals surface area contributed by atoms with E-state index in [0.717, 1.165) is 41.2 Å². The number of carbonyl (C=O) groups is 1. The highest BCUT2D eigenvalue weighted by molar-refractivity contribution is 7.18. The lowest BCUT2D eigenvalue weighted by Gasteiger charge is -2.35. The van der Waals surface area contributed by atoms with Gasteiger partial charge in [0.15, 0.2) is 0 Å². The molecular weight excluding hydrogens is 466 g/mol. The van der Waals surface area contributed by atoms with E-state index in [1.807, 2.05) is 33.9 Å². The summed E-state index contributed by atoms with van der Waals surface area (Å²) in [5.74, 6) is 0.678. The number of piperazine rings is 1. The van der Waals surface area contributed by atoms with Crippen LogP contribution in [0.15, 0.2) is 52.0 Å². The van der Waals surface area contributed by atoms with Gasteiger partial charge in [0.2, 0.25) is 0 Å². The molecule has 0 unspecified atom stereocenters. The number of benzene rings is 1. The maximum absolute atomic E-state index is 12.9. The Balaban J connectivity index is 1.08. The monoisotopic (exact) mass is 491 g/mol. The lowest BCUT2D eigenvalue weighted by Crippen LogP contribution is -2.52. The molecule has 3 aromatic heterocycles. The number of aryl methyl sites for hydroxylation is 1. The molecule has 174 valence electrons. The zero-order chi connectivity index (χ0) is 23.1. The molecule has 1 aliphatic heterocycles. The smallest absolute Gasteiger partial charge is 0.317 e. The fourth-order valence-corrected chi connectivity index (χ4v) is 6.73. The van der Waals surface area contributed by atoms with Gasteiger partial charge < -0.3 is 15.2 Å². The third kappa shape index (κ3) is 4.04. The highest BCUT2D eigenvalue weighted by Crippen LogP contribution is 2.33. The summed E-state index contributed by atoms with van der Waals surface area (Å²) in [6, 6.07) is 12.5. The first kappa shape index (κ1) is 21.5. The van der Waals surface area contributed by atoms with Crippen LogP contribution >= 0.6 is 22.7 Å². The SMILES string of the molecule is O=C(N[C@@H]1CCc2ccccc21)N1CCN(Cc2nc3scc(-c4cccs4)c3c(=O)[nH]2)CC1. The minimum atomic E-state index is -0.0838. The largest absolute Gasteiger partial charge is 0.331 e. The molecule has 1 atom stereocenters. The number of fused-ring (bicyclic) bond motifs is 2. The van der Waals surface area contributed by atoms with E-state index in [0.29, 0.717) is 30.8 Å². The Labute approximate surface area is 205 Å². The molecular formula is C25H25N5O2S2. The van der Waals surface area contributed by atoms with E-state index in [9.17, 15) is 9.59 Å². The summed E-state index contributed by atoms with van der Waals surface area (Å²) in [7, 11) is 0. The van der Waals surface area contributed by atoms with Crippen molar-refractivity contribution in [3.63, 3.8) is 0 Å². The second-order valence-electron chi connectivity index (χ2n) is 8.82. The van der Waals surface area contributed by atoms with Crippen LogP contribution in [0.5, 0.6) is 0 Å². The number of hydrogen-bond donors (Lipinski definition) is 2. The first-order valence-corrected chi connectivity index (χ1v) is 13.3. The summed E-state index contributed by atoms with van der Waals surface area (Å²) in [5, 5.41) is 7.93. The molecule has 0 radical (unpaired) electrons. The van der Waals surface area contributed by atoms with Gasteiger partial charge in [0.25, 0.3) is 5.56 Å². The standard InChI is InChI=1S/C25H25N5O2S2/c31-23-22-18(20-6-3-13-33-20)15-34-24(22)28-21(27-23)14-29-9-11-30(12-10-29)25(32)26-19-8-7-16-4-1-2-5-17(16)19/h1-6,13,15,19H,7-12,14H2,(H,26,32)(H,27,28,31)/t19-/m1/s1. The first-order valence-electron chi connectivity index (χ1n) is 11.6. The van der Waals surface area contributed by atoms with Crippen LogP contribution in [0.4, 0.5) is 4.79 Å². The number of aromatic amines is 1. The van der Waals surface area contributed by atoms with Gasteiger partial charge in [-0.1, -0.05) is 30.3 Å². The number of aromatic nitrogens is 2. The van der Waals surface area contributed by atoms with Gasteiger partial charge in [-0.15, -0.1) is 22.7 Å². The first-order chi connectivity index (χ1) is 16.7. The Morgan fingerprint density at radius 3 is 2.79 bits per heavy atom. The minimum Gasteiger partial charge on any atom is -0.331 e. The van der Waals surface area contributed by atoms with Gasteiger partial charge in [0.05, 0.1) is 18.0 Å². The minimum absolute atomic E-state index is 0.00833. The van der Waals surface area contributed by atoms with Gasteiger partial charge in [-0.05, 0) is 35.4 Å². The summed E-state index contributed by atoms with van der Waals surface area (Å²) in [6.45, 7) is 3.40. The third-order valence-electron chi connectivity index (χ3n) is 6.74. The lowest BCUT2D eigenvalue weighted by molar-refractivity contribution is 0.131. The van der Waals surface area contributed by atoms with Crippen LogP contribution in [0.3, 0.4) is 0 Å². The van der Waals surface area contributed by atoms with Crippen molar-refractivity contribution in [3.8, 4) is 10.4 Å². The predicted molar refractivity (Wildman–Crippen MR) is 136 cm³/mol. The van der Waals surface area contributed by atoms with Gasteiger partial charge in [0.1, 0.15) is 10.7 Å². The number of urea groups is 1. The zero-order valence-corrected chi connectivity index (χ0v) is 20.3. The molecule has 1 aromatic carbocycles. The van der Waals surface area contributed by atoms with Gasteiger partial charge in [-0.2, -0.15) is 0 Å². The van der Waals surface area contributed by atoms with Gasteiger partial charge in [-0.25, -0.2) is 9.78 Å². The molecule has 1 fully saturated rings. The average molecular weight is 492 g/mol. The number of hydrogen-bond acceptors (Lipinski definition) is 6. The molecule has 1 saturated heterocycles. The molecule has 0 spiro atoms. The fourth-order valence-electron chi connectivity index (χ4n) is 4.95. The predicted octanol–water partition coefficient (Wildman–Crippen LogP) is 4.23. The highest BCUT2D eigenvalue weighted by Gasteiger charge is 2.27. The van der Waals surface area contributed by atoms with E-state index in [2.05, 4.69) is 33.4 Å². The van der Waals surface area contributed by atoms with Crippen molar-refractivity contribution in [2.45, 2.75) is 25.4 Å². The summed E-state index contributed by atoms with van der Waals surface area (Å²) in [5.41, 5.74) is 3.46. The van der Waals surface area contributed by atoms with E-state index >= 15 is 0 Å². The summed E-state index contributed by atoms with van der Waals surface area (Å²) >= 11 is 3.14. The second-order valence-corrected chi connectivity index (χ2v) is 10.6. The van der Waals surface area contributed by atoms with Gasteiger partial charge in [-0.3, -0.25) is 9.69 Å². The maximum atomic E-state index is 12.9. The summed E-state index contributed by atoms with van der Waals surface area (Å²) in [6.07, 6.45) is 1.98. The van der Waals surface area contributed by atoms with Crippen LogP contribution < -0.4 is 10.9 Å². The number of rotatable bonds is 4. The van der Waals surface area contributed by atoms with E-state index in [4.69, 9.17) is 4.98 Å². The molecule has 6 rings (SSSR count). The number of H-pyrrole nitrogens is 1. The highest BCUT2D eigenvalue weighted by atomic mass is 32.1. The quantitative estimate of drug-likeness (QED) is 0.448. The molecule has 0 bridgehead atoms. The number of thiophene rings is 2. The number of nitrogens with zero attached hydrogens (tertiary/aromatic N) is 3. The van der Waals surface area contributed by atoms with Crippen LogP contribution in [0.25, 0.3) is 20.7 Å². The van der Waals surface area contributed by atoms with Crippen molar-refractivity contribution < 1.29 is 4.79 Å². The Hall–Kier alpha value is -3.01. The topological polar surface area (TPSA) is 81.3 Å². The molecule has 2 amide bonds. The molecule has 2 N–H and O–H groups in total. The summed E-state index contributed by atoms with van der Waals surface area (Å²) < 4.78 is 0. The maximum Gasteiger partial charge on any atom is 0.317 e. The van der Waals surface area contributed by atoms with E-state index in [1.54, 1.807) is 11.3 Å². The Morgan fingerprint density at radius 1 is 1.12 bits per heavy atom. The van der Waals surface area contributed by atoms with E-state index in [-0.39, 0.29) is 17.6 Å². The average Bonchev–Trinajstić information content (AvgIpc) is 3.60. The van der Waals surface area contributed by atoms with Gasteiger partial charge >= 0.3 is 6.03 Å². The Kier molecular flexibility index (Phi) is 5.68. The normalized spacial score (nSPS) is 18.4. The molecule has 9 heteroatoms. The molecule has 0 saturated carbocycles. The molecule has 4 heterocycles. The molecule has 1 aliphatic carbocycles. The van der Waals surface area contributed by atoms with Crippen molar-refractivity contribution >= 4 is 38.9 Å². The van der Waals surface area contributed by atoms with Crippen LogP contribution in [0.1, 0.15) is 29.4 Å². The zero-order valence-electron chi connectivity index (χ0n) is 18.6. The van der Waals surface area contributed by atoms with Crippen LogP contribution in [0.2, 0.25) is 0 Å². The number of carbonyl (C=O) groups excluding carboxylic acids is 1. The summed E-state index contributed by atoms with van der Waals surface area (Å²) in [4.78, 5) is 39.4. The number of amides is 2. The Morgan fingerprint density at radius 2 is 1.97 bits per heavy atom. The van der Waals surface area contributed by atoms with Crippen molar-refractivity contribution in [2.75, 3.05) is 26.2 Å². The van der Waals surface area contributed by atoms with Crippen molar-refractivity contribution in [3.05, 3.63) is 74.5 Å². The second kappa shape index (κ2) is 8.98. The van der Waals surface area contributed by atoms with E-state index in [1.165, 1.54) is 22.5 Å².